The van der Waals surface area contributed by atoms with Crippen molar-refractivity contribution in [2.75, 3.05) is 17.6 Å². The predicted octanol–water partition coefficient (Wildman–Crippen LogP) is 2.35. The third-order valence-corrected chi connectivity index (χ3v) is 2.70. The molecule has 0 saturated heterocycles. The van der Waals surface area contributed by atoms with E-state index in [1.54, 1.807) is 12.1 Å². The number of nitrogen functional groups attached to an aromatic ring is 1. The number of nitriles is 1. The Labute approximate surface area is 108 Å². The second kappa shape index (κ2) is 5.74. The molecule has 4 N–H and O–H groups in total. The van der Waals surface area contributed by atoms with Gasteiger partial charge in [0.25, 0.3) is 0 Å². The van der Waals surface area contributed by atoms with E-state index in [4.69, 9.17) is 11.0 Å². The van der Waals surface area contributed by atoms with E-state index < -0.39 is 5.60 Å². The van der Waals surface area contributed by atoms with Crippen molar-refractivity contribution in [1.29, 1.82) is 5.26 Å². The van der Waals surface area contributed by atoms with E-state index in [9.17, 15) is 5.11 Å². The number of anilines is 2. The van der Waals surface area contributed by atoms with Crippen LogP contribution in [0.5, 0.6) is 0 Å². The van der Waals surface area contributed by atoms with Crippen LogP contribution in [0.25, 0.3) is 0 Å². The summed E-state index contributed by atoms with van der Waals surface area (Å²) in [6.45, 7) is 6.40. The van der Waals surface area contributed by atoms with Gasteiger partial charge in [0, 0.05) is 17.9 Å². The van der Waals surface area contributed by atoms with Crippen molar-refractivity contribution in [2.24, 2.45) is 5.92 Å². The highest BCUT2D eigenvalue weighted by molar-refractivity contribution is 5.61. The second-order valence-electron chi connectivity index (χ2n) is 5.36. The first-order valence-electron chi connectivity index (χ1n) is 6.10. The van der Waals surface area contributed by atoms with Gasteiger partial charge < -0.3 is 16.2 Å². The van der Waals surface area contributed by atoms with Crippen molar-refractivity contribution >= 4 is 11.4 Å². The molecule has 0 fully saturated rings. The van der Waals surface area contributed by atoms with Crippen LogP contribution in [-0.2, 0) is 0 Å². The van der Waals surface area contributed by atoms with Gasteiger partial charge in [0.15, 0.2) is 0 Å². The van der Waals surface area contributed by atoms with Gasteiger partial charge in [-0.1, -0.05) is 13.8 Å². The molecule has 1 unspecified atom stereocenters. The highest BCUT2D eigenvalue weighted by Gasteiger charge is 2.21. The number of hydrogen-bond donors (Lipinski definition) is 3. The molecule has 1 rings (SSSR count). The molecular weight excluding hydrogens is 226 g/mol. The SMILES string of the molecule is CC(C)CC(C)(O)CNc1ccc(N)c(C#N)c1. The van der Waals surface area contributed by atoms with Crippen molar-refractivity contribution in [1.82, 2.24) is 0 Å². The van der Waals surface area contributed by atoms with Gasteiger partial charge in [-0.15, -0.1) is 0 Å². The molecule has 1 atom stereocenters. The Bertz CT molecular complexity index is 447. The molecule has 0 spiro atoms. The third kappa shape index (κ3) is 4.27. The summed E-state index contributed by atoms with van der Waals surface area (Å²) >= 11 is 0. The van der Waals surface area contributed by atoms with E-state index in [1.807, 2.05) is 19.1 Å². The van der Waals surface area contributed by atoms with Crippen LogP contribution in [-0.4, -0.2) is 17.3 Å². The summed E-state index contributed by atoms with van der Waals surface area (Å²) in [4.78, 5) is 0. The summed E-state index contributed by atoms with van der Waals surface area (Å²) in [6, 6.07) is 7.23. The van der Waals surface area contributed by atoms with Gasteiger partial charge in [0.05, 0.1) is 11.2 Å². The van der Waals surface area contributed by atoms with Crippen LogP contribution in [0.2, 0.25) is 0 Å². The molecule has 0 bridgehead atoms. The van der Waals surface area contributed by atoms with Crippen LogP contribution in [0.1, 0.15) is 32.8 Å². The first kappa shape index (κ1) is 14.3. The number of hydrogen-bond acceptors (Lipinski definition) is 4. The summed E-state index contributed by atoms with van der Waals surface area (Å²) in [5.74, 6) is 0.433. The van der Waals surface area contributed by atoms with Crippen LogP contribution in [0.4, 0.5) is 11.4 Å². The van der Waals surface area contributed by atoms with Gasteiger partial charge in [0.2, 0.25) is 0 Å². The first-order chi connectivity index (χ1) is 8.34. The fourth-order valence-corrected chi connectivity index (χ4v) is 2.01. The summed E-state index contributed by atoms with van der Waals surface area (Å²) in [7, 11) is 0. The Morgan fingerprint density at radius 2 is 2.17 bits per heavy atom. The topological polar surface area (TPSA) is 82.1 Å². The maximum Gasteiger partial charge on any atom is 0.101 e. The summed E-state index contributed by atoms with van der Waals surface area (Å²) in [5, 5.41) is 22.2. The summed E-state index contributed by atoms with van der Waals surface area (Å²) in [6.07, 6.45) is 0.722. The lowest BCUT2D eigenvalue weighted by Gasteiger charge is -2.26. The quantitative estimate of drug-likeness (QED) is 0.697. The van der Waals surface area contributed by atoms with Gasteiger partial charge in [-0.2, -0.15) is 5.26 Å². The van der Waals surface area contributed by atoms with Gasteiger partial charge in [0.1, 0.15) is 6.07 Å². The zero-order valence-corrected chi connectivity index (χ0v) is 11.2. The lowest BCUT2D eigenvalue weighted by atomic mass is 9.94. The molecule has 0 radical (unpaired) electrons. The highest BCUT2D eigenvalue weighted by atomic mass is 16.3. The molecule has 1 aromatic carbocycles. The van der Waals surface area contributed by atoms with Crippen LogP contribution in [0.15, 0.2) is 18.2 Å². The average molecular weight is 247 g/mol. The normalized spacial score (nSPS) is 14.0. The minimum atomic E-state index is -0.762. The Morgan fingerprint density at radius 1 is 1.50 bits per heavy atom. The Hall–Kier alpha value is -1.73. The molecule has 4 heteroatoms. The molecule has 4 nitrogen and oxygen atoms in total. The predicted molar refractivity (Wildman–Crippen MR) is 74.1 cm³/mol. The summed E-state index contributed by atoms with van der Waals surface area (Å²) in [5.41, 5.74) is 6.60. The van der Waals surface area contributed by atoms with Crippen LogP contribution >= 0.6 is 0 Å². The highest BCUT2D eigenvalue weighted by Crippen LogP contribution is 2.20. The molecule has 0 aromatic heterocycles. The molecule has 18 heavy (non-hydrogen) atoms. The molecule has 0 aliphatic heterocycles. The lowest BCUT2D eigenvalue weighted by Crippen LogP contribution is -2.34. The van der Waals surface area contributed by atoms with Crippen molar-refractivity contribution in [3.05, 3.63) is 23.8 Å². The zero-order chi connectivity index (χ0) is 13.8. The van der Waals surface area contributed by atoms with E-state index >= 15 is 0 Å². The second-order valence-corrected chi connectivity index (χ2v) is 5.36. The molecule has 0 saturated carbocycles. The molecular formula is C14H21N3O. The van der Waals surface area contributed by atoms with E-state index in [0.29, 0.717) is 23.7 Å². The fraction of sp³-hybridized carbons (Fsp3) is 0.500. The molecule has 0 heterocycles. The van der Waals surface area contributed by atoms with Gasteiger partial charge >= 0.3 is 0 Å². The Kier molecular flexibility index (Phi) is 4.57. The number of aliphatic hydroxyl groups is 1. The van der Waals surface area contributed by atoms with Crippen molar-refractivity contribution < 1.29 is 5.11 Å². The monoisotopic (exact) mass is 247 g/mol. The van der Waals surface area contributed by atoms with E-state index in [2.05, 4.69) is 19.2 Å². The summed E-state index contributed by atoms with van der Waals surface area (Å²) < 4.78 is 0. The molecule has 98 valence electrons. The Morgan fingerprint density at radius 3 is 2.72 bits per heavy atom. The van der Waals surface area contributed by atoms with E-state index in [1.165, 1.54) is 0 Å². The van der Waals surface area contributed by atoms with E-state index in [-0.39, 0.29) is 0 Å². The minimum absolute atomic E-state index is 0.433. The maximum absolute atomic E-state index is 10.2. The van der Waals surface area contributed by atoms with E-state index in [0.717, 1.165) is 12.1 Å². The van der Waals surface area contributed by atoms with Crippen molar-refractivity contribution in [3.8, 4) is 6.07 Å². The van der Waals surface area contributed by atoms with Crippen LogP contribution < -0.4 is 11.1 Å². The van der Waals surface area contributed by atoms with Crippen molar-refractivity contribution in [3.63, 3.8) is 0 Å². The number of rotatable bonds is 5. The standard InChI is InChI=1S/C14H21N3O/c1-10(2)7-14(3,18)9-17-12-4-5-13(16)11(6-12)8-15/h4-6,10,17-18H,7,9,16H2,1-3H3. The first-order valence-corrected chi connectivity index (χ1v) is 6.10. The number of nitrogens with zero attached hydrogens (tertiary/aromatic N) is 1. The minimum Gasteiger partial charge on any atom is -0.398 e. The lowest BCUT2D eigenvalue weighted by molar-refractivity contribution is 0.0515. The van der Waals surface area contributed by atoms with Crippen molar-refractivity contribution in [2.45, 2.75) is 32.8 Å². The molecule has 0 aliphatic rings. The molecule has 0 aliphatic carbocycles. The molecule has 1 aromatic rings. The number of nitrogens with two attached hydrogens (primary N) is 1. The van der Waals surface area contributed by atoms with Gasteiger partial charge in [-0.05, 0) is 37.5 Å². The molecule has 0 amide bonds. The number of benzene rings is 1. The Balaban J connectivity index is 2.67. The third-order valence-electron chi connectivity index (χ3n) is 2.70. The largest absolute Gasteiger partial charge is 0.398 e. The maximum atomic E-state index is 10.2. The van der Waals surface area contributed by atoms with Gasteiger partial charge in [-0.3, -0.25) is 0 Å². The van der Waals surface area contributed by atoms with Crippen LogP contribution in [0, 0.1) is 17.2 Å². The van der Waals surface area contributed by atoms with Gasteiger partial charge in [-0.25, -0.2) is 0 Å². The fourth-order valence-electron chi connectivity index (χ4n) is 2.01. The average Bonchev–Trinajstić information content (AvgIpc) is 2.26. The smallest absolute Gasteiger partial charge is 0.101 e. The zero-order valence-electron chi connectivity index (χ0n) is 11.2. The number of nitrogens with one attached hydrogen (secondary N) is 1. The van der Waals surface area contributed by atoms with Crippen LogP contribution in [0.3, 0.4) is 0 Å².